The van der Waals surface area contributed by atoms with E-state index in [2.05, 4.69) is 25.4 Å². The molecule has 0 fully saturated rings. The summed E-state index contributed by atoms with van der Waals surface area (Å²) in [5.74, 6) is 0.203. The van der Waals surface area contributed by atoms with E-state index in [1.54, 1.807) is 45.9 Å². The SMILES string of the molecule is Cc1nc(-c2cccc(N(C=O)CCC(=O)Nc3nc(C)c(C(=O)OC(C)C)s3)n2)no1. The van der Waals surface area contributed by atoms with E-state index in [1.807, 2.05) is 0 Å². The lowest BCUT2D eigenvalue weighted by molar-refractivity contribution is -0.116. The van der Waals surface area contributed by atoms with Gasteiger partial charge in [-0.3, -0.25) is 14.5 Å². The van der Waals surface area contributed by atoms with Crippen molar-refractivity contribution in [3.05, 3.63) is 34.7 Å². The van der Waals surface area contributed by atoms with Crippen LogP contribution in [0, 0.1) is 13.8 Å². The first kappa shape index (κ1) is 23.0. The van der Waals surface area contributed by atoms with Crippen LogP contribution < -0.4 is 10.2 Å². The zero-order chi connectivity index (χ0) is 23.3. The van der Waals surface area contributed by atoms with Gasteiger partial charge in [-0.25, -0.2) is 14.8 Å². The van der Waals surface area contributed by atoms with E-state index >= 15 is 0 Å². The standard InChI is InChI=1S/C20H22N6O5S/c1-11(2)30-19(29)17-12(3)21-20(32-17)24-16(28)8-9-26(10-27)15-7-5-6-14(23-15)18-22-13(4)31-25-18/h5-7,10-11H,8-9H2,1-4H3,(H,21,24,28). The summed E-state index contributed by atoms with van der Waals surface area (Å²) in [5, 5.41) is 6.75. The molecule has 0 aromatic carbocycles. The second-order valence-corrected chi connectivity index (χ2v) is 8.00. The molecule has 32 heavy (non-hydrogen) atoms. The number of carbonyl (C=O) groups excluding carboxylic acids is 3. The van der Waals surface area contributed by atoms with Crippen LogP contribution in [0.1, 0.15) is 41.5 Å². The molecule has 0 radical (unpaired) electrons. The van der Waals surface area contributed by atoms with E-state index in [0.29, 0.717) is 40.2 Å². The van der Waals surface area contributed by atoms with Crippen molar-refractivity contribution in [1.29, 1.82) is 0 Å². The quantitative estimate of drug-likeness (QED) is 0.378. The Morgan fingerprint density at radius 1 is 1.25 bits per heavy atom. The predicted molar refractivity (Wildman–Crippen MR) is 116 cm³/mol. The minimum Gasteiger partial charge on any atom is -0.459 e. The number of hydrogen-bond donors (Lipinski definition) is 1. The largest absolute Gasteiger partial charge is 0.459 e. The molecule has 3 aromatic rings. The summed E-state index contributed by atoms with van der Waals surface area (Å²) in [5.41, 5.74) is 0.915. The fourth-order valence-electron chi connectivity index (χ4n) is 2.64. The van der Waals surface area contributed by atoms with Crippen molar-refractivity contribution >= 4 is 40.6 Å². The maximum atomic E-state index is 12.4. The van der Waals surface area contributed by atoms with Crippen LogP contribution in [0.3, 0.4) is 0 Å². The van der Waals surface area contributed by atoms with E-state index in [9.17, 15) is 14.4 Å². The van der Waals surface area contributed by atoms with Gasteiger partial charge < -0.3 is 14.6 Å². The number of pyridine rings is 1. The fourth-order valence-corrected chi connectivity index (χ4v) is 3.51. The Bertz CT molecular complexity index is 1130. The third kappa shape index (κ3) is 5.72. The van der Waals surface area contributed by atoms with E-state index in [0.717, 1.165) is 11.3 Å². The van der Waals surface area contributed by atoms with Crippen molar-refractivity contribution in [3.8, 4) is 11.5 Å². The van der Waals surface area contributed by atoms with Crippen LogP contribution in [-0.2, 0) is 14.3 Å². The number of ether oxygens (including phenoxy) is 1. The zero-order valence-corrected chi connectivity index (χ0v) is 18.8. The molecule has 1 N–H and O–H groups in total. The number of carbonyl (C=O) groups is 3. The Labute approximate surface area is 187 Å². The first-order valence-corrected chi connectivity index (χ1v) is 10.6. The number of amides is 2. The molecular weight excluding hydrogens is 436 g/mol. The van der Waals surface area contributed by atoms with Crippen LogP contribution in [0.5, 0.6) is 0 Å². The summed E-state index contributed by atoms with van der Waals surface area (Å²) in [4.78, 5) is 50.3. The third-order valence-electron chi connectivity index (χ3n) is 4.06. The van der Waals surface area contributed by atoms with Crippen LogP contribution >= 0.6 is 11.3 Å². The molecule has 12 heteroatoms. The average Bonchev–Trinajstić information content (AvgIpc) is 3.33. The highest BCUT2D eigenvalue weighted by atomic mass is 32.1. The molecule has 0 atom stereocenters. The first-order valence-electron chi connectivity index (χ1n) is 9.74. The Morgan fingerprint density at radius 2 is 2.03 bits per heavy atom. The highest BCUT2D eigenvalue weighted by Gasteiger charge is 2.19. The number of anilines is 2. The fraction of sp³-hybridized carbons (Fsp3) is 0.350. The van der Waals surface area contributed by atoms with Crippen molar-refractivity contribution in [2.45, 2.75) is 40.2 Å². The lowest BCUT2D eigenvalue weighted by atomic mass is 10.3. The Morgan fingerprint density at radius 3 is 2.69 bits per heavy atom. The molecule has 0 unspecified atom stereocenters. The van der Waals surface area contributed by atoms with Gasteiger partial charge >= 0.3 is 5.97 Å². The number of nitrogens with one attached hydrogen (secondary N) is 1. The molecule has 0 bridgehead atoms. The summed E-state index contributed by atoms with van der Waals surface area (Å²) in [6.07, 6.45) is 0.331. The van der Waals surface area contributed by atoms with Gasteiger partial charge in [0.05, 0.1) is 11.8 Å². The lowest BCUT2D eigenvalue weighted by Gasteiger charge is -2.16. The Hall–Kier alpha value is -3.67. The number of rotatable bonds is 9. The third-order valence-corrected chi connectivity index (χ3v) is 5.12. The van der Waals surface area contributed by atoms with Gasteiger partial charge in [0.25, 0.3) is 0 Å². The lowest BCUT2D eigenvalue weighted by Crippen LogP contribution is -2.27. The molecule has 3 aromatic heterocycles. The summed E-state index contributed by atoms with van der Waals surface area (Å²) in [6.45, 7) is 6.93. The van der Waals surface area contributed by atoms with Gasteiger partial charge in [-0.15, -0.1) is 0 Å². The molecule has 0 aliphatic rings. The summed E-state index contributed by atoms with van der Waals surface area (Å²) < 4.78 is 10.1. The van der Waals surface area contributed by atoms with Crippen LogP contribution in [0.15, 0.2) is 22.7 Å². The number of esters is 1. The molecule has 3 rings (SSSR count). The number of aryl methyl sites for hydroxylation is 2. The molecular formula is C20H22N6O5S. The monoisotopic (exact) mass is 458 g/mol. The van der Waals surface area contributed by atoms with Crippen LogP contribution in [0.2, 0.25) is 0 Å². The van der Waals surface area contributed by atoms with Gasteiger partial charge in [0, 0.05) is 19.9 Å². The van der Waals surface area contributed by atoms with Crippen LogP contribution in [0.4, 0.5) is 10.9 Å². The van der Waals surface area contributed by atoms with Gasteiger partial charge in [-0.05, 0) is 32.9 Å². The number of thiazole rings is 1. The van der Waals surface area contributed by atoms with E-state index in [-0.39, 0.29) is 30.1 Å². The van der Waals surface area contributed by atoms with E-state index < -0.39 is 5.97 Å². The van der Waals surface area contributed by atoms with Crippen molar-refractivity contribution in [2.75, 3.05) is 16.8 Å². The summed E-state index contributed by atoms with van der Waals surface area (Å²) in [6, 6.07) is 5.03. The van der Waals surface area contributed by atoms with Gasteiger partial charge in [0.15, 0.2) is 5.13 Å². The topological polar surface area (TPSA) is 140 Å². The number of nitrogens with zero attached hydrogens (tertiary/aromatic N) is 5. The van der Waals surface area contributed by atoms with E-state index in [4.69, 9.17) is 9.26 Å². The van der Waals surface area contributed by atoms with Crippen LogP contribution in [0.25, 0.3) is 11.5 Å². The smallest absolute Gasteiger partial charge is 0.350 e. The molecule has 3 heterocycles. The molecule has 168 valence electrons. The van der Waals surface area contributed by atoms with E-state index in [1.165, 1.54) is 4.90 Å². The van der Waals surface area contributed by atoms with Gasteiger partial charge in [0.1, 0.15) is 16.4 Å². The molecule has 0 saturated heterocycles. The molecule has 0 aliphatic heterocycles. The minimum atomic E-state index is -0.481. The zero-order valence-electron chi connectivity index (χ0n) is 18.0. The summed E-state index contributed by atoms with van der Waals surface area (Å²) in [7, 11) is 0. The van der Waals surface area contributed by atoms with Crippen molar-refractivity contribution in [3.63, 3.8) is 0 Å². The highest BCUT2D eigenvalue weighted by Crippen LogP contribution is 2.24. The van der Waals surface area contributed by atoms with Gasteiger partial charge in [-0.2, -0.15) is 4.98 Å². The highest BCUT2D eigenvalue weighted by molar-refractivity contribution is 7.17. The molecule has 0 aliphatic carbocycles. The van der Waals surface area contributed by atoms with Gasteiger partial charge in [-0.1, -0.05) is 22.6 Å². The molecule has 0 saturated carbocycles. The van der Waals surface area contributed by atoms with Gasteiger partial charge in [0.2, 0.25) is 24.0 Å². The van der Waals surface area contributed by atoms with Crippen molar-refractivity contribution < 1.29 is 23.6 Å². The normalized spacial score (nSPS) is 10.8. The second-order valence-electron chi connectivity index (χ2n) is 7.00. The molecule has 2 amide bonds. The Balaban J connectivity index is 1.62. The average molecular weight is 459 g/mol. The number of hydrogen-bond acceptors (Lipinski definition) is 10. The molecule has 11 nitrogen and oxygen atoms in total. The second kappa shape index (κ2) is 10.1. The number of aromatic nitrogens is 4. The first-order chi connectivity index (χ1) is 15.3. The summed E-state index contributed by atoms with van der Waals surface area (Å²) >= 11 is 1.04. The maximum absolute atomic E-state index is 12.4. The maximum Gasteiger partial charge on any atom is 0.350 e. The van der Waals surface area contributed by atoms with Crippen molar-refractivity contribution in [2.24, 2.45) is 0 Å². The Kier molecular flexibility index (Phi) is 7.25. The minimum absolute atomic E-state index is 0.00360. The molecule has 0 spiro atoms. The van der Waals surface area contributed by atoms with Crippen LogP contribution in [-0.4, -0.2) is 51.0 Å². The predicted octanol–water partition coefficient (Wildman–Crippen LogP) is 2.76. The van der Waals surface area contributed by atoms with Crippen molar-refractivity contribution in [1.82, 2.24) is 20.1 Å².